The molecule has 0 bridgehead atoms. The third-order valence-electron chi connectivity index (χ3n) is 1.94. The smallest absolute Gasteiger partial charge is 0.356 e. The number of carbonyl (C=O) groups is 2. The van der Waals surface area contributed by atoms with Crippen molar-refractivity contribution < 1.29 is 19.4 Å². The van der Waals surface area contributed by atoms with Gasteiger partial charge in [-0.25, -0.2) is 9.78 Å². The van der Waals surface area contributed by atoms with Gasteiger partial charge in [-0.05, 0) is 0 Å². The van der Waals surface area contributed by atoms with Crippen LogP contribution in [0.4, 0.5) is 0 Å². The Hall–Kier alpha value is -1.85. The zero-order valence-corrected chi connectivity index (χ0v) is 8.51. The Morgan fingerprint density at radius 1 is 1.67 bits per heavy atom. The molecule has 0 aliphatic carbocycles. The molecule has 0 amide bonds. The number of rotatable bonds is 4. The first-order valence-electron chi connectivity index (χ1n) is 4.37. The molecule has 6 nitrogen and oxygen atoms in total. The number of aromatic nitrogens is 2. The van der Waals surface area contributed by atoms with Crippen LogP contribution in [0.25, 0.3) is 0 Å². The molecular weight excluding hydrogens is 200 g/mol. The summed E-state index contributed by atoms with van der Waals surface area (Å²) in [4.78, 5) is 25.3. The average molecular weight is 212 g/mol. The maximum Gasteiger partial charge on any atom is 0.356 e. The lowest BCUT2D eigenvalue weighted by molar-refractivity contribution is -0.145. The van der Waals surface area contributed by atoms with E-state index in [1.54, 1.807) is 11.5 Å². The number of carbonyl (C=O) groups excluding carboxylic acids is 1. The highest BCUT2D eigenvalue weighted by atomic mass is 16.5. The minimum absolute atomic E-state index is 0.0351. The molecule has 1 rings (SSSR count). The zero-order chi connectivity index (χ0) is 11.4. The van der Waals surface area contributed by atoms with E-state index in [4.69, 9.17) is 5.11 Å². The van der Waals surface area contributed by atoms with Crippen molar-refractivity contribution in [3.63, 3.8) is 0 Å². The summed E-state index contributed by atoms with van der Waals surface area (Å²) in [5.74, 6) is -1.74. The van der Waals surface area contributed by atoms with Gasteiger partial charge < -0.3 is 14.4 Å². The molecule has 0 saturated heterocycles. The van der Waals surface area contributed by atoms with Crippen LogP contribution in [-0.2, 0) is 16.1 Å². The Morgan fingerprint density at radius 2 is 2.33 bits per heavy atom. The maximum absolute atomic E-state index is 11.1. The molecule has 6 heteroatoms. The fraction of sp³-hybridized carbons (Fsp3) is 0.444. The number of hydrogen-bond acceptors (Lipinski definition) is 4. The van der Waals surface area contributed by atoms with Gasteiger partial charge in [0.05, 0.1) is 19.4 Å². The summed E-state index contributed by atoms with van der Waals surface area (Å²) in [5, 5.41) is 8.62. The Morgan fingerprint density at radius 3 is 2.80 bits per heavy atom. The molecule has 0 aliphatic rings. The van der Waals surface area contributed by atoms with Crippen molar-refractivity contribution in [3.05, 3.63) is 18.2 Å². The van der Waals surface area contributed by atoms with E-state index in [-0.39, 0.29) is 17.6 Å². The molecular formula is C9H12N2O4. The largest absolute Gasteiger partial charge is 0.476 e. The fourth-order valence-corrected chi connectivity index (χ4v) is 1.16. The van der Waals surface area contributed by atoms with Gasteiger partial charge in [0.2, 0.25) is 0 Å². The molecule has 0 radical (unpaired) electrons. The van der Waals surface area contributed by atoms with Gasteiger partial charge in [-0.3, -0.25) is 4.79 Å². The van der Waals surface area contributed by atoms with Crippen LogP contribution in [0.15, 0.2) is 12.5 Å². The summed E-state index contributed by atoms with van der Waals surface area (Å²) < 4.78 is 6.10. The molecule has 0 unspecified atom stereocenters. The van der Waals surface area contributed by atoms with Crippen LogP contribution in [0, 0.1) is 5.92 Å². The molecule has 1 atom stereocenters. The van der Waals surface area contributed by atoms with E-state index < -0.39 is 5.97 Å². The second kappa shape index (κ2) is 4.59. The Kier molecular flexibility index (Phi) is 3.43. The van der Waals surface area contributed by atoms with E-state index in [2.05, 4.69) is 9.72 Å². The van der Waals surface area contributed by atoms with Gasteiger partial charge in [-0.2, -0.15) is 0 Å². The lowest BCUT2D eigenvalue weighted by atomic mass is 10.2. The predicted octanol–water partition coefficient (Wildman–Crippen LogP) is 0.390. The zero-order valence-electron chi connectivity index (χ0n) is 8.51. The van der Waals surface area contributed by atoms with Crippen molar-refractivity contribution in [3.8, 4) is 0 Å². The molecule has 1 heterocycles. The summed E-state index contributed by atoms with van der Waals surface area (Å²) in [5.41, 5.74) is -0.0351. The molecule has 0 saturated carbocycles. The van der Waals surface area contributed by atoms with Gasteiger partial charge in [0.15, 0.2) is 5.69 Å². The Labute approximate surface area is 86.5 Å². The number of aromatic carboxylic acids is 1. The molecule has 0 aromatic carbocycles. The molecule has 1 aromatic heterocycles. The van der Waals surface area contributed by atoms with Crippen LogP contribution in [0.2, 0.25) is 0 Å². The molecule has 1 N–H and O–H groups in total. The van der Waals surface area contributed by atoms with Crippen molar-refractivity contribution >= 4 is 11.9 Å². The van der Waals surface area contributed by atoms with Crippen LogP contribution in [0.5, 0.6) is 0 Å². The fourth-order valence-electron chi connectivity index (χ4n) is 1.16. The van der Waals surface area contributed by atoms with E-state index in [1.807, 2.05) is 0 Å². The van der Waals surface area contributed by atoms with E-state index >= 15 is 0 Å². The summed E-state index contributed by atoms with van der Waals surface area (Å²) >= 11 is 0. The number of hydrogen-bond donors (Lipinski definition) is 1. The van der Waals surface area contributed by atoms with E-state index in [1.165, 1.54) is 19.6 Å². The number of methoxy groups -OCH3 is 1. The van der Waals surface area contributed by atoms with Gasteiger partial charge in [0.25, 0.3) is 0 Å². The maximum atomic E-state index is 11.1. The summed E-state index contributed by atoms with van der Waals surface area (Å²) in [6.07, 6.45) is 2.75. The van der Waals surface area contributed by atoms with E-state index in [9.17, 15) is 9.59 Å². The van der Waals surface area contributed by atoms with Gasteiger partial charge in [-0.15, -0.1) is 0 Å². The summed E-state index contributed by atoms with van der Waals surface area (Å²) in [6, 6.07) is 0. The highest BCUT2D eigenvalue weighted by molar-refractivity contribution is 5.84. The molecule has 0 fully saturated rings. The van der Waals surface area contributed by atoms with Crippen molar-refractivity contribution in [1.82, 2.24) is 9.55 Å². The van der Waals surface area contributed by atoms with Crippen LogP contribution < -0.4 is 0 Å². The molecule has 15 heavy (non-hydrogen) atoms. The van der Waals surface area contributed by atoms with Crippen LogP contribution in [-0.4, -0.2) is 33.7 Å². The second-order valence-corrected chi connectivity index (χ2v) is 3.19. The highest BCUT2D eigenvalue weighted by Crippen LogP contribution is 2.04. The monoisotopic (exact) mass is 212 g/mol. The quantitative estimate of drug-likeness (QED) is 0.730. The minimum Gasteiger partial charge on any atom is -0.476 e. The molecule has 0 spiro atoms. The van der Waals surface area contributed by atoms with Crippen molar-refractivity contribution in [2.75, 3.05) is 7.11 Å². The normalized spacial score (nSPS) is 12.1. The second-order valence-electron chi connectivity index (χ2n) is 3.19. The number of esters is 1. The van der Waals surface area contributed by atoms with Gasteiger partial charge in [-0.1, -0.05) is 6.92 Å². The Bertz CT molecular complexity index is 372. The van der Waals surface area contributed by atoms with Crippen molar-refractivity contribution in [1.29, 1.82) is 0 Å². The summed E-state index contributed by atoms with van der Waals surface area (Å²) in [7, 11) is 1.31. The van der Waals surface area contributed by atoms with Gasteiger partial charge >= 0.3 is 11.9 Å². The first-order chi connectivity index (χ1) is 7.04. The van der Waals surface area contributed by atoms with Crippen molar-refractivity contribution in [2.45, 2.75) is 13.5 Å². The molecule has 0 aliphatic heterocycles. The van der Waals surface area contributed by atoms with Crippen LogP contribution >= 0.6 is 0 Å². The number of carboxylic acid groups (broad SMARTS) is 1. The predicted molar refractivity (Wildman–Crippen MR) is 50.4 cm³/mol. The SMILES string of the molecule is COC(=O)[C@H](C)Cn1cnc(C(=O)O)c1. The third-order valence-corrected chi connectivity index (χ3v) is 1.94. The first-order valence-corrected chi connectivity index (χ1v) is 4.37. The summed E-state index contributed by atoms with van der Waals surface area (Å²) in [6.45, 7) is 2.05. The number of imidazole rings is 1. The lowest BCUT2D eigenvalue weighted by Crippen LogP contribution is -2.18. The molecule has 1 aromatic rings. The minimum atomic E-state index is -1.08. The lowest BCUT2D eigenvalue weighted by Gasteiger charge is -2.08. The number of ether oxygens (including phenoxy) is 1. The Balaban J connectivity index is 2.65. The first kappa shape index (κ1) is 11.2. The standard InChI is InChI=1S/C9H12N2O4/c1-6(9(14)15-2)3-11-4-7(8(12)13)10-5-11/h4-6H,3H2,1-2H3,(H,12,13)/t6-/m1/s1. The van der Waals surface area contributed by atoms with Crippen molar-refractivity contribution in [2.24, 2.45) is 5.92 Å². The number of carboxylic acids is 1. The van der Waals surface area contributed by atoms with Crippen LogP contribution in [0.3, 0.4) is 0 Å². The number of nitrogens with zero attached hydrogens (tertiary/aromatic N) is 2. The topological polar surface area (TPSA) is 81.4 Å². The molecule has 82 valence electrons. The van der Waals surface area contributed by atoms with Gasteiger partial charge in [0, 0.05) is 12.7 Å². The van der Waals surface area contributed by atoms with Crippen LogP contribution in [0.1, 0.15) is 17.4 Å². The van der Waals surface area contributed by atoms with Gasteiger partial charge in [0.1, 0.15) is 0 Å². The van der Waals surface area contributed by atoms with E-state index in [0.717, 1.165) is 0 Å². The highest BCUT2D eigenvalue weighted by Gasteiger charge is 2.14. The average Bonchev–Trinajstić information content (AvgIpc) is 2.65. The third kappa shape index (κ3) is 2.80. The van der Waals surface area contributed by atoms with E-state index in [0.29, 0.717) is 6.54 Å².